The van der Waals surface area contributed by atoms with E-state index in [1.165, 1.54) is 23.7 Å². The Balaban J connectivity index is 2.67. The summed E-state index contributed by atoms with van der Waals surface area (Å²) in [5, 5.41) is 0. The van der Waals surface area contributed by atoms with Gasteiger partial charge in [0, 0.05) is 0 Å². The van der Waals surface area contributed by atoms with Gasteiger partial charge in [0.2, 0.25) is 0 Å². The Bertz CT molecular complexity index is 363. The van der Waals surface area contributed by atoms with Gasteiger partial charge in [-0.3, -0.25) is 0 Å². The van der Waals surface area contributed by atoms with Gasteiger partial charge in [0.15, 0.2) is 0 Å². The first-order valence-corrected chi connectivity index (χ1v) is 9.70. The van der Waals surface area contributed by atoms with Gasteiger partial charge in [0.25, 0.3) is 0 Å². The quantitative estimate of drug-likeness (QED) is 0.467. The van der Waals surface area contributed by atoms with Gasteiger partial charge in [-0.2, -0.15) is 0 Å². The molecule has 0 amide bonds. The fourth-order valence-corrected chi connectivity index (χ4v) is 5.26. The van der Waals surface area contributed by atoms with E-state index in [-0.39, 0.29) is 6.29 Å². The first-order valence-electron chi connectivity index (χ1n) is 7.85. The summed E-state index contributed by atoms with van der Waals surface area (Å²) in [5.41, 5.74) is 0. The Morgan fingerprint density at radius 1 is 0.952 bits per heavy atom. The van der Waals surface area contributed by atoms with Crippen LogP contribution in [0.1, 0.15) is 40.0 Å². The maximum atomic E-state index is 5.58. The van der Waals surface area contributed by atoms with Crippen LogP contribution in [0, 0.1) is 11.8 Å². The molecular weight excluding hydrogens is 327 g/mol. The Labute approximate surface area is 136 Å². The van der Waals surface area contributed by atoms with E-state index >= 15 is 0 Å². The van der Waals surface area contributed by atoms with E-state index < -0.39 is 0 Å². The minimum atomic E-state index is -0.0979. The Morgan fingerprint density at radius 3 is 2.10 bits per heavy atom. The van der Waals surface area contributed by atoms with Gasteiger partial charge in [-0.15, -0.1) is 0 Å². The normalized spacial score (nSPS) is 14.6. The Kier molecular flexibility index (Phi) is 9.26. The van der Waals surface area contributed by atoms with Crippen molar-refractivity contribution >= 4 is 19.4 Å². The average Bonchev–Trinajstić information content (AvgIpc) is 2.48. The summed E-state index contributed by atoms with van der Waals surface area (Å²) in [7, 11) is 3.51. The molecule has 0 heterocycles. The third-order valence-electron chi connectivity index (χ3n) is 3.75. The second-order valence-electron chi connectivity index (χ2n) is 6.04. The molecule has 0 saturated heterocycles. The van der Waals surface area contributed by atoms with Gasteiger partial charge in [0.1, 0.15) is 0 Å². The summed E-state index contributed by atoms with van der Waals surface area (Å²) in [6, 6.07) is 10.7. The van der Waals surface area contributed by atoms with Crippen molar-refractivity contribution in [3.63, 3.8) is 0 Å². The third-order valence-corrected chi connectivity index (χ3v) is 6.90. The molecule has 2 nitrogen and oxygen atoms in total. The van der Waals surface area contributed by atoms with Crippen LogP contribution >= 0.6 is 0 Å². The fourth-order valence-electron chi connectivity index (χ4n) is 2.47. The molecule has 0 aliphatic heterocycles. The van der Waals surface area contributed by atoms with E-state index in [9.17, 15) is 0 Å². The molecule has 0 saturated carbocycles. The van der Waals surface area contributed by atoms with Crippen molar-refractivity contribution in [2.45, 2.75) is 51.1 Å². The van der Waals surface area contributed by atoms with Crippen LogP contribution < -0.4 is 4.46 Å². The van der Waals surface area contributed by atoms with Crippen molar-refractivity contribution < 1.29 is 9.47 Å². The number of rotatable bonds is 10. The number of hydrogen-bond donors (Lipinski definition) is 0. The average molecular weight is 357 g/mol. The predicted octanol–water partition coefficient (Wildman–Crippen LogP) is 3.89. The van der Waals surface area contributed by atoms with Crippen molar-refractivity contribution in [2.24, 2.45) is 11.8 Å². The maximum absolute atomic E-state index is 5.58. The summed E-state index contributed by atoms with van der Waals surface area (Å²) in [4.78, 5) is 0.460. The molecule has 0 aliphatic carbocycles. The zero-order valence-corrected chi connectivity index (χ0v) is 15.8. The number of methoxy groups -OCH3 is 2. The van der Waals surface area contributed by atoms with Crippen LogP contribution in [0.3, 0.4) is 0 Å². The van der Waals surface area contributed by atoms with E-state index in [0.29, 0.717) is 25.7 Å². The van der Waals surface area contributed by atoms with Crippen molar-refractivity contribution in [1.82, 2.24) is 0 Å². The van der Waals surface area contributed by atoms with Gasteiger partial charge < -0.3 is 0 Å². The molecule has 0 bridgehead atoms. The standard InChI is InChI=1S/C18H30O2Se/c1-14(2)10-9-11-15(3)17(18(19-4)20-5)21-16-12-7-6-8-13-16/h6-8,12-15,17-18H,9-11H2,1-5H3. The minimum absolute atomic E-state index is 0.0979. The van der Waals surface area contributed by atoms with E-state index in [1.807, 2.05) is 0 Å². The molecule has 0 aromatic heterocycles. The summed E-state index contributed by atoms with van der Waals surface area (Å²) in [5.74, 6) is 1.41. The monoisotopic (exact) mass is 358 g/mol. The van der Waals surface area contributed by atoms with Crippen LogP contribution in [0.15, 0.2) is 30.3 Å². The molecule has 0 N–H and O–H groups in total. The molecule has 0 spiro atoms. The zero-order chi connectivity index (χ0) is 15.7. The predicted molar refractivity (Wildman–Crippen MR) is 91.2 cm³/mol. The molecule has 2 atom stereocenters. The number of hydrogen-bond acceptors (Lipinski definition) is 2. The van der Waals surface area contributed by atoms with Crippen molar-refractivity contribution in [3.05, 3.63) is 30.3 Å². The van der Waals surface area contributed by atoms with E-state index in [4.69, 9.17) is 9.47 Å². The van der Waals surface area contributed by atoms with Gasteiger partial charge in [-0.05, 0) is 0 Å². The van der Waals surface area contributed by atoms with E-state index in [0.717, 1.165) is 5.92 Å². The number of benzene rings is 1. The topological polar surface area (TPSA) is 18.5 Å². The summed E-state index contributed by atoms with van der Waals surface area (Å²) < 4.78 is 12.6. The fraction of sp³-hybridized carbons (Fsp3) is 0.667. The first-order chi connectivity index (χ1) is 10.1. The molecule has 0 aliphatic rings. The van der Waals surface area contributed by atoms with E-state index in [2.05, 4.69) is 51.1 Å². The first kappa shape index (κ1) is 18.7. The van der Waals surface area contributed by atoms with Crippen molar-refractivity contribution in [1.29, 1.82) is 0 Å². The molecule has 3 heteroatoms. The molecule has 120 valence electrons. The molecular formula is C18H30O2Se. The third kappa shape index (κ3) is 6.97. The van der Waals surface area contributed by atoms with Crippen LogP contribution in [0.2, 0.25) is 4.82 Å². The van der Waals surface area contributed by atoms with Crippen LogP contribution in [0.4, 0.5) is 0 Å². The molecule has 2 unspecified atom stereocenters. The van der Waals surface area contributed by atoms with Crippen LogP contribution in [-0.4, -0.2) is 35.5 Å². The van der Waals surface area contributed by atoms with Crippen LogP contribution in [-0.2, 0) is 9.47 Å². The molecule has 1 aromatic rings. The summed E-state index contributed by atoms with van der Waals surface area (Å²) in [6.45, 7) is 6.94. The van der Waals surface area contributed by atoms with E-state index in [1.54, 1.807) is 14.2 Å². The molecule has 0 radical (unpaired) electrons. The Morgan fingerprint density at radius 2 is 1.57 bits per heavy atom. The molecule has 1 rings (SSSR count). The van der Waals surface area contributed by atoms with Crippen LogP contribution in [0.5, 0.6) is 0 Å². The van der Waals surface area contributed by atoms with Gasteiger partial charge in [0.05, 0.1) is 0 Å². The second-order valence-corrected chi connectivity index (χ2v) is 8.66. The van der Waals surface area contributed by atoms with Gasteiger partial charge in [-0.25, -0.2) is 0 Å². The summed E-state index contributed by atoms with van der Waals surface area (Å²) in [6.07, 6.45) is 3.75. The SMILES string of the molecule is COC(OC)C([Se]c1ccccc1)C(C)CCCC(C)C. The molecule has 0 fully saturated rings. The molecule has 21 heavy (non-hydrogen) atoms. The van der Waals surface area contributed by atoms with Gasteiger partial charge >= 0.3 is 136 Å². The van der Waals surface area contributed by atoms with Crippen molar-refractivity contribution in [3.8, 4) is 0 Å². The van der Waals surface area contributed by atoms with Gasteiger partial charge in [-0.1, -0.05) is 0 Å². The summed E-state index contributed by atoms with van der Waals surface area (Å²) >= 11 is 0.370. The zero-order valence-electron chi connectivity index (χ0n) is 14.0. The van der Waals surface area contributed by atoms with Crippen LogP contribution in [0.25, 0.3) is 0 Å². The second kappa shape index (κ2) is 10.4. The molecule has 1 aromatic carbocycles. The Hall–Kier alpha value is -0.341. The number of ether oxygens (including phenoxy) is 2. The van der Waals surface area contributed by atoms with Crippen molar-refractivity contribution in [2.75, 3.05) is 14.2 Å².